The van der Waals surface area contributed by atoms with Gasteiger partial charge in [-0.1, -0.05) is 42.5 Å². The van der Waals surface area contributed by atoms with Crippen molar-refractivity contribution >= 4 is 22.9 Å². The number of imide groups is 1. The number of nitrogens with one attached hydrogen (secondary N) is 1. The van der Waals surface area contributed by atoms with Crippen molar-refractivity contribution < 1.29 is 14.3 Å². The van der Waals surface area contributed by atoms with Gasteiger partial charge in [0.15, 0.2) is 0 Å². The summed E-state index contributed by atoms with van der Waals surface area (Å²) in [5.74, 6) is 0.494. The van der Waals surface area contributed by atoms with Crippen LogP contribution in [0.3, 0.4) is 0 Å². The van der Waals surface area contributed by atoms with E-state index in [1.54, 1.807) is 6.20 Å². The highest BCUT2D eigenvalue weighted by atomic mass is 32.2. The molecule has 0 bridgehead atoms. The van der Waals surface area contributed by atoms with Gasteiger partial charge >= 0.3 is 0 Å². The fourth-order valence-electron chi connectivity index (χ4n) is 2.81. The van der Waals surface area contributed by atoms with E-state index in [1.165, 1.54) is 0 Å². The van der Waals surface area contributed by atoms with Crippen LogP contribution in [-0.4, -0.2) is 29.6 Å². The van der Waals surface area contributed by atoms with Gasteiger partial charge in [-0.15, -0.1) is 0 Å². The van der Waals surface area contributed by atoms with Crippen LogP contribution in [0.5, 0.6) is 5.75 Å². The van der Waals surface area contributed by atoms with Crippen LogP contribution in [0.25, 0.3) is 0 Å². The Labute approximate surface area is 163 Å². The van der Waals surface area contributed by atoms with E-state index in [-0.39, 0.29) is 17.3 Å². The Morgan fingerprint density at radius 1 is 1.15 bits per heavy atom. The number of thioether (sulfide) groups is 1. The number of carbonyl (C=O) groups excluding carboxylic acids is 2. The molecule has 2 aromatic rings. The molecule has 1 unspecified atom stereocenters. The van der Waals surface area contributed by atoms with Crippen LogP contribution >= 0.6 is 11.8 Å². The number of aryl methyl sites for hydroxylation is 1. The van der Waals surface area contributed by atoms with Gasteiger partial charge in [-0.05, 0) is 41.9 Å². The van der Waals surface area contributed by atoms with Gasteiger partial charge in [0, 0.05) is 26.2 Å². The van der Waals surface area contributed by atoms with Crippen LogP contribution in [0.15, 0.2) is 65.7 Å². The monoisotopic (exact) mass is 382 g/mol. The zero-order valence-corrected chi connectivity index (χ0v) is 16.2. The van der Waals surface area contributed by atoms with E-state index < -0.39 is 0 Å². The SMILES string of the molecule is Cc1cccc(OC(CCN(C)/C=C2\SC(=O)NC2=O)c2ccccc2)c1. The second-order valence-electron chi connectivity index (χ2n) is 6.44. The van der Waals surface area contributed by atoms with Crippen LogP contribution in [0, 0.1) is 6.92 Å². The van der Waals surface area contributed by atoms with Crippen LogP contribution in [0.2, 0.25) is 0 Å². The third-order valence-electron chi connectivity index (χ3n) is 4.16. The predicted molar refractivity (Wildman–Crippen MR) is 107 cm³/mol. The first-order chi connectivity index (χ1) is 13.0. The lowest BCUT2D eigenvalue weighted by Crippen LogP contribution is -2.21. The van der Waals surface area contributed by atoms with E-state index in [9.17, 15) is 9.59 Å². The first-order valence-corrected chi connectivity index (χ1v) is 9.56. The predicted octanol–water partition coefficient (Wildman–Crippen LogP) is 4.26. The molecule has 2 amide bonds. The lowest BCUT2D eigenvalue weighted by Gasteiger charge is -2.23. The van der Waals surface area contributed by atoms with Crippen molar-refractivity contribution in [2.75, 3.05) is 13.6 Å². The van der Waals surface area contributed by atoms with Gasteiger partial charge in [-0.2, -0.15) is 0 Å². The van der Waals surface area contributed by atoms with Crippen LogP contribution in [0.1, 0.15) is 23.7 Å². The van der Waals surface area contributed by atoms with Crippen molar-refractivity contribution in [2.45, 2.75) is 19.4 Å². The number of nitrogens with zero attached hydrogens (tertiary/aromatic N) is 1. The van der Waals surface area contributed by atoms with Crippen molar-refractivity contribution in [2.24, 2.45) is 0 Å². The minimum atomic E-state index is -0.340. The topological polar surface area (TPSA) is 58.6 Å². The van der Waals surface area contributed by atoms with Gasteiger partial charge in [-0.25, -0.2) is 0 Å². The molecule has 1 aliphatic rings. The second kappa shape index (κ2) is 8.77. The highest BCUT2D eigenvalue weighted by Gasteiger charge is 2.25. The highest BCUT2D eigenvalue weighted by Crippen LogP contribution is 2.27. The maximum atomic E-state index is 11.7. The van der Waals surface area contributed by atoms with E-state index in [0.717, 1.165) is 35.1 Å². The lowest BCUT2D eigenvalue weighted by molar-refractivity contribution is -0.115. The molecule has 1 atom stereocenters. The number of hydrogen-bond acceptors (Lipinski definition) is 5. The second-order valence-corrected chi connectivity index (χ2v) is 7.45. The van der Waals surface area contributed by atoms with Gasteiger partial charge in [0.05, 0.1) is 4.91 Å². The normalized spacial score (nSPS) is 16.3. The Balaban J connectivity index is 1.69. The van der Waals surface area contributed by atoms with Gasteiger partial charge in [-0.3, -0.25) is 14.9 Å². The van der Waals surface area contributed by atoms with Gasteiger partial charge in [0.2, 0.25) is 0 Å². The molecule has 1 saturated heterocycles. The van der Waals surface area contributed by atoms with Crippen molar-refractivity contribution in [3.63, 3.8) is 0 Å². The smallest absolute Gasteiger partial charge is 0.290 e. The van der Waals surface area contributed by atoms with E-state index >= 15 is 0 Å². The molecule has 0 aliphatic carbocycles. The zero-order chi connectivity index (χ0) is 19.2. The third kappa shape index (κ3) is 5.37. The number of hydrogen-bond donors (Lipinski definition) is 1. The molecule has 0 aromatic heterocycles. The summed E-state index contributed by atoms with van der Waals surface area (Å²) in [6, 6.07) is 18.1. The van der Waals surface area contributed by atoms with Crippen molar-refractivity contribution in [3.8, 4) is 5.75 Å². The van der Waals surface area contributed by atoms with Crippen molar-refractivity contribution in [1.82, 2.24) is 10.2 Å². The molecule has 1 aliphatic heterocycles. The molecular weight excluding hydrogens is 360 g/mol. The fraction of sp³-hybridized carbons (Fsp3) is 0.238. The quantitative estimate of drug-likeness (QED) is 0.725. The van der Waals surface area contributed by atoms with Crippen LogP contribution < -0.4 is 10.1 Å². The average molecular weight is 382 g/mol. The molecular formula is C21H22N2O3S. The van der Waals surface area contributed by atoms with Crippen molar-refractivity contribution in [1.29, 1.82) is 0 Å². The van der Waals surface area contributed by atoms with E-state index in [1.807, 2.05) is 61.3 Å². The molecule has 27 heavy (non-hydrogen) atoms. The summed E-state index contributed by atoms with van der Waals surface area (Å²) in [6.07, 6.45) is 2.33. The summed E-state index contributed by atoms with van der Waals surface area (Å²) in [5.41, 5.74) is 2.25. The molecule has 3 rings (SSSR count). The molecule has 0 radical (unpaired) electrons. The van der Waals surface area contributed by atoms with Crippen LogP contribution in [-0.2, 0) is 4.79 Å². The van der Waals surface area contributed by atoms with Gasteiger partial charge in [0.25, 0.3) is 11.1 Å². The highest BCUT2D eigenvalue weighted by molar-refractivity contribution is 8.18. The molecule has 140 valence electrons. The molecule has 6 heteroatoms. The van der Waals surface area contributed by atoms with Crippen LogP contribution in [0.4, 0.5) is 4.79 Å². The molecule has 0 spiro atoms. The molecule has 0 saturated carbocycles. The maximum absolute atomic E-state index is 11.7. The number of rotatable bonds is 7. The maximum Gasteiger partial charge on any atom is 0.290 e. The minimum absolute atomic E-state index is 0.111. The van der Waals surface area contributed by atoms with Gasteiger partial charge < -0.3 is 9.64 Å². The number of benzene rings is 2. The zero-order valence-electron chi connectivity index (χ0n) is 15.3. The Hall–Kier alpha value is -2.73. The van der Waals surface area contributed by atoms with E-state index in [0.29, 0.717) is 11.4 Å². The molecule has 1 fully saturated rings. The van der Waals surface area contributed by atoms with E-state index in [4.69, 9.17) is 4.74 Å². The average Bonchev–Trinajstić information content (AvgIpc) is 2.96. The number of amides is 2. The Kier molecular flexibility index (Phi) is 6.19. The summed E-state index contributed by atoms with van der Waals surface area (Å²) in [7, 11) is 1.89. The number of carbonyl (C=O) groups is 2. The Morgan fingerprint density at radius 2 is 1.93 bits per heavy atom. The minimum Gasteiger partial charge on any atom is -0.486 e. The first-order valence-electron chi connectivity index (χ1n) is 8.75. The fourth-order valence-corrected chi connectivity index (χ4v) is 3.53. The Bertz CT molecular complexity index is 852. The standard InChI is InChI=1S/C21H22N2O3S/c1-15-7-6-10-17(13-15)26-18(16-8-4-3-5-9-16)11-12-23(2)14-19-20(24)22-21(25)27-19/h3-10,13-14,18H,11-12H2,1-2H3,(H,22,24,25)/b19-14-. The van der Waals surface area contributed by atoms with Crippen molar-refractivity contribution in [3.05, 3.63) is 76.8 Å². The summed E-state index contributed by atoms with van der Waals surface area (Å²) in [5, 5.41) is 1.94. The summed E-state index contributed by atoms with van der Waals surface area (Å²) in [6.45, 7) is 2.72. The molecule has 5 nitrogen and oxygen atoms in total. The summed E-state index contributed by atoms with van der Waals surface area (Å²) in [4.78, 5) is 25.3. The Morgan fingerprint density at radius 3 is 2.59 bits per heavy atom. The largest absolute Gasteiger partial charge is 0.486 e. The first kappa shape index (κ1) is 19.0. The summed E-state index contributed by atoms with van der Waals surface area (Å²) >= 11 is 0.925. The van der Waals surface area contributed by atoms with E-state index in [2.05, 4.69) is 17.4 Å². The summed E-state index contributed by atoms with van der Waals surface area (Å²) < 4.78 is 6.25. The third-order valence-corrected chi connectivity index (χ3v) is 4.96. The molecule has 1 heterocycles. The van der Waals surface area contributed by atoms with Gasteiger partial charge in [0.1, 0.15) is 11.9 Å². The molecule has 1 N–H and O–H groups in total. The number of ether oxygens (including phenoxy) is 1. The lowest BCUT2D eigenvalue weighted by atomic mass is 10.1. The molecule has 2 aromatic carbocycles.